The number of ether oxygens (including phenoxy) is 2. The molecular weight excluding hydrogens is 313 g/mol. The number of hydrogen-bond donors (Lipinski definition) is 0. The molecule has 0 bridgehead atoms. The summed E-state index contributed by atoms with van der Waals surface area (Å²) >= 11 is 0. The number of nitrogens with zero attached hydrogens (tertiary/aromatic N) is 3. The topological polar surface area (TPSA) is 75.5 Å². The van der Waals surface area contributed by atoms with E-state index < -0.39 is 5.82 Å². The molecule has 1 saturated heterocycles. The van der Waals surface area contributed by atoms with Crippen LogP contribution in [-0.2, 0) is 4.79 Å². The highest BCUT2D eigenvalue weighted by Crippen LogP contribution is 2.18. The number of rotatable bonds is 5. The van der Waals surface area contributed by atoms with E-state index in [1.54, 1.807) is 29.2 Å². The van der Waals surface area contributed by atoms with E-state index in [1.807, 2.05) is 6.07 Å². The van der Waals surface area contributed by atoms with Crippen molar-refractivity contribution in [2.75, 3.05) is 19.7 Å². The Morgan fingerprint density at radius 3 is 2.79 bits per heavy atom. The Morgan fingerprint density at radius 2 is 2.12 bits per heavy atom. The number of amides is 1. The van der Waals surface area contributed by atoms with E-state index in [4.69, 9.17) is 14.7 Å². The SMILES string of the molecule is N#Cc1ccc(OC2CN(C(=O)COc3ccccc3F)C2)nc1. The zero-order valence-electron chi connectivity index (χ0n) is 12.7. The molecule has 1 amide bonds. The van der Waals surface area contributed by atoms with Crippen molar-refractivity contribution >= 4 is 5.91 Å². The van der Waals surface area contributed by atoms with Crippen molar-refractivity contribution in [1.29, 1.82) is 5.26 Å². The molecule has 0 N–H and O–H groups in total. The number of carbonyl (C=O) groups is 1. The molecule has 3 rings (SSSR count). The quantitative estimate of drug-likeness (QED) is 0.836. The minimum Gasteiger partial charge on any atom is -0.481 e. The Labute approximate surface area is 138 Å². The van der Waals surface area contributed by atoms with E-state index in [0.717, 1.165) is 0 Å². The second-order valence-corrected chi connectivity index (χ2v) is 5.25. The molecule has 1 aliphatic heterocycles. The van der Waals surface area contributed by atoms with Gasteiger partial charge in [0.25, 0.3) is 5.91 Å². The van der Waals surface area contributed by atoms with Crippen molar-refractivity contribution in [2.45, 2.75) is 6.10 Å². The van der Waals surface area contributed by atoms with Crippen LogP contribution in [0.2, 0.25) is 0 Å². The van der Waals surface area contributed by atoms with E-state index in [2.05, 4.69) is 4.98 Å². The summed E-state index contributed by atoms with van der Waals surface area (Å²) in [5, 5.41) is 8.70. The fraction of sp³-hybridized carbons (Fsp3) is 0.235. The number of hydrogen-bond acceptors (Lipinski definition) is 5. The lowest BCUT2D eigenvalue weighted by Gasteiger charge is -2.38. The van der Waals surface area contributed by atoms with Crippen LogP contribution >= 0.6 is 0 Å². The first kappa shape index (κ1) is 15.7. The Balaban J connectivity index is 1.43. The third-order valence-electron chi connectivity index (χ3n) is 3.54. The molecule has 0 radical (unpaired) electrons. The van der Waals surface area contributed by atoms with Crippen LogP contribution in [0.4, 0.5) is 4.39 Å². The maximum atomic E-state index is 13.4. The maximum Gasteiger partial charge on any atom is 0.260 e. The van der Waals surface area contributed by atoms with Crippen molar-refractivity contribution in [2.24, 2.45) is 0 Å². The van der Waals surface area contributed by atoms with Gasteiger partial charge in [0.2, 0.25) is 5.88 Å². The van der Waals surface area contributed by atoms with Gasteiger partial charge in [-0.25, -0.2) is 9.37 Å². The van der Waals surface area contributed by atoms with Gasteiger partial charge in [-0.2, -0.15) is 5.26 Å². The van der Waals surface area contributed by atoms with Gasteiger partial charge in [0.1, 0.15) is 12.2 Å². The van der Waals surface area contributed by atoms with Gasteiger partial charge < -0.3 is 14.4 Å². The number of aromatic nitrogens is 1. The van der Waals surface area contributed by atoms with Gasteiger partial charge in [-0.15, -0.1) is 0 Å². The van der Waals surface area contributed by atoms with Crippen LogP contribution < -0.4 is 9.47 Å². The molecule has 122 valence electrons. The zero-order valence-corrected chi connectivity index (χ0v) is 12.7. The van der Waals surface area contributed by atoms with Gasteiger partial charge in [-0.05, 0) is 18.2 Å². The average molecular weight is 327 g/mol. The highest BCUT2D eigenvalue weighted by atomic mass is 19.1. The van der Waals surface area contributed by atoms with Crippen LogP contribution in [-0.4, -0.2) is 41.6 Å². The van der Waals surface area contributed by atoms with Crippen molar-refractivity contribution < 1.29 is 18.7 Å². The first-order valence-corrected chi connectivity index (χ1v) is 7.33. The lowest BCUT2D eigenvalue weighted by atomic mass is 10.1. The summed E-state index contributed by atoms with van der Waals surface area (Å²) in [6.07, 6.45) is 1.28. The normalized spacial score (nSPS) is 13.8. The summed E-state index contributed by atoms with van der Waals surface area (Å²) in [6, 6.07) is 11.2. The summed E-state index contributed by atoms with van der Waals surface area (Å²) in [7, 11) is 0. The number of pyridine rings is 1. The van der Waals surface area contributed by atoms with E-state index in [-0.39, 0.29) is 24.4 Å². The predicted molar refractivity (Wildman–Crippen MR) is 81.8 cm³/mol. The van der Waals surface area contributed by atoms with Gasteiger partial charge in [-0.1, -0.05) is 12.1 Å². The molecule has 7 heteroatoms. The van der Waals surface area contributed by atoms with Gasteiger partial charge in [0.15, 0.2) is 18.2 Å². The van der Waals surface area contributed by atoms with Gasteiger partial charge in [0.05, 0.1) is 18.7 Å². The monoisotopic (exact) mass is 327 g/mol. The van der Waals surface area contributed by atoms with Crippen molar-refractivity contribution in [3.8, 4) is 17.7 Å². The molecular formula is C17H14FN3O3. The van der Waals surface area contributed by atoms with E-state index in [0.29, 0.717) is 24.5 Å². The molecule has 0 spiro atoms. The number of carbonyl (C=O) groups excluding carboxylic acids is 1. The summed E-state index contributed by atoms with van der Waals surface area (Å²) in [4.78, 5) is 17.5. The molecule has 2 heterocycles. The van der Waals surface area contributed by atoms with Crippen molar-refractivity contribution in [3.05, 3.63) is 54.0 Å². The summed E-state index contributed by atoms with van der Waals surface area (Å²) in [6.45, 7) is 0.616. The summed E-state index contributed by atoms with van der Waals surface area (Å²) in [5.41, 5.74) is 0.457. The fourth-order valence-corrected chi connectivity index (χ4v) is 2.20. The third kappa shape index (κ3) is 3.60. The van der Waals surface area contributed by atoms with E-state index in [1.165, 1.54) is 18.3 Å². The minimum absolute atomic E-state index is 0.0564. The number of likely N-dealkylation sites (tertiary alicyclic amines) is 1. The molecule has 1 aliphatic rings. The molecule has 24 heavy (non-hydrogen) atoms. The molecule has 1 aromatic heterocycles. The van der Waals surface area contributed by atoms with Crippen molar-refractivity contribution in [3.63, 3.8) is 0 Å². The molecule has 2 aromatic rings. The largest absolute Gasteiger partial charge is 0.481 e. The van der Waals surface area contributed by atoms with Gasteiger partial charge >= 0.3 is 0 Å². The van der Waals surface area contributed by atoms with Crippen LogP contribution in [0, 0.1) is 17.1 Å². The molecule has 0 atom stereocenters. The third-order valence-corrected chi connectivity index (χ3v) is 3.54. The highest BCUT2D eigenvalue weighted by molar-refractivity contribution is 5.78. The second-order valence-electron chi connectivity index (χ2n) is 5.25. The first-order chi connectivity index (χ1) is 11.7. The van der Waals surface area contributed by atoms with Crippen LogP contribution in [0.3, 0.4) is 0 Å². The molecule has 0 aliphatic carbocycles. The summed E-state index contributed by atoms with van der Waals surface area (Å²) < 4.78 is 24.2. The van der Waals surface area contributed by atoms with Crippen LogP contribution in [0.25, 0.3) is 0 Å². The van der Waals surface area contributed by atoms with Gasteiger partial charge in [0, 0.05) is 12.3 Å². The fourth-order valence-electron chi connectivity index (χ4n) is 2.20. The van der Waals surface area contributed by atoms with Crippen LogP contribution in [0.1, 0.15) is 5.56 Å². The predicted octanol–water partition coefficient (Wildman–Crippen LogP) is 1.76. The number of benzene rings is 1. The van der Waals surface area contributed by atoms with Crippen molar-refractivity contribution in [1.82, 2.24) is 9.88 Å². The zero-order chi connectivity index (χ0) is 16.9. The molecule has 1 fully saturated rings. The Kier molecular flexibility index (Phi) is 4.57. The molecule has 6 nitrogen and oxygen atoms in total. The second kappa shape index (κ2) is 6.96. The average Bonchev–Trinajstić information content (AvgIpc) is 2.57. The summed E-state index contributed by atoms with van der Waals surface area (Å²) in [5.74, 6) is -0.262. The van der Waals surface area contributed by atoms with Crippen LogP contribution in [0.15, 0.2) is 42.6 Å². The first-order valence-electron chi connectivity index (χ1n) is 7.33. The smallest absolute Gasteiger partial charge is 0.260 e. The Morgan fingerprint density at radius 1 is 1.33 bits per heavy atom. The lowest BCUT2D eigenvalue weighted by molar-refractivity contribution is -0.142. The Hall–Kier alpha value is -3.14. The van der Waals surface area contributed by atoms with E-state index >= 15 is 0 Å². The Bertz CT molecular complexity index is 767. The standard InChI is InChI=1S/C17H14FN3O3/c18-14-3-1-2-4-15(14)23-11-17(22)21-9-13(10-21)24-16-6-5-12(7-19)8-20-16/h1-6,8,13H,9-11H2. The molecule has 0 unspecified atom stereocenters. The molecule has 1 aromatic carbocycles. The molecule has 0 saturated carbocycles. The lowest BCUT2D eigenvalue weighted by Crippen LogP contribution is -2.57. The van der Waals surface area contributed by atoms with Crippen LogP contribution in [0.5, 0.6) is 11.6 Å². The number of halogens is 1. The maximum absolute atomic E-state index is 13.4. The minimum atomic E-state index is -0.498. The number of para-hydroxylation sites is 1. The number of nitriles is 1. The highest BCUT2D eigenvalue weighted by Gasteiger charge is 2.32. The van der Waals surface area contributed by atoms with Gasteiger partial charge in [-0.3, -0.25) is 4.79 Å². The van der Waals surface area contributed by atoms with E-state index in [9.17, 15) is 9.18 Å².